The summed E-state index contributed by atoms with van der Waals surface area (Å²) >= 11 is 0. The van der Waals surface area contributed by atoms with E-state index in [-0.39, 0.29) is 5.91 Å². The minimum Gasteiger partial charge on any atom is -0.355 e. The second-order valence-electron chi connectivity index (χ2n) is 6.37. The van der Waals surface area contributed by atoms with E-state index in [0.29, 0.717) is 24.5 Å². The van der Waals surface area contributed by atoms with Crippen LogP contribution < -0.4 is 0 Å². The van der Waals surface area contributed by atoms with Crippen LogP contribution in [-0.2, 0) is 6.54 Å². The Morgan fingerprint density at radius 3 is 2.58 bits per heavy atom. The van der Waals surface area contributed by atoms with Crippen LogP contribution in [0.2, 0.25) is 0 Å². The highest BCUT2D eigenvalue weighted by Gasteiger charge is 2.24. The molecule has 6 nitrogen and oxygen atoms in total. The summed E-state index contributed by atoms with van der Waals surface area (Å²) in [6, 6.07) is 15.8. The van der Waals surface area contributed by atoms with Crippen molar-refractivity contribution in [3.63, 3.8) is 0 Å². The zero-order chi connectivity index (χ0) is 17.8. The van der Waals surface area contributed by atoms with Gasteiger partial charge in [0.1, 0.15) is 0 Å². The van der Waals surface area contributed by atoms with Gasteiger partial charge < -0.3 is 9.42 Å². The number of nitrogens with zero attached hydrogens (tertiary/aromatic N) is 4. The Hall–Kier alpha value is -2.99. The second-order valence-corrected chi connectivity index (χ2v) is 6.37. The molecular formula is C20H20N4O2. The largest absolute Gasteiger partial charge is 0.355 e. The van der Waals surface area contributed by atoms with E-state index in [0.717, 1.165) is 25.2 Å². The number of piperazine rings is 1. The number of benzene rings is 1. The van der Waals surface area contributed by atoms with E-state index >= 15 is 0 Å². The molecule has 1 fully saturated rings. The normalized spacial score (nSPS) is 15.2. The molecule has 6 heteroatoms. The Labute approximate surface area is 152 Å². The van der Waals surface area contributed by atoms with Crippen molar-refractivity contribution in [2.24, 2.45) is 0 Å². The molecule has 1 aliphatic rings. The van der Waals surface area contributed by atoms with Gasteiger partial charge in [0.15, 0.2) is 11.5 Å². The van der Waals surface area contributed by atoms with Gasteiger partial charge in [-0.25, -0.2) is 0 Å². The van der Waals surface area contributed by atoms with Crippen molar-refractivity contribution in [1.29, 1.82) is 0 Å². The minimum atomic E-state index is -0.0803. The third-order valence-electron chi connectivity index (χ3n) is 4.58. The monoisotopic (exact) mass is 348 g/mol. The van der Waals surface area contributed by atoms with Crippen molar-refractivity contribution in [2.45, 2.75) is 6.54 Å². The van der Waals surface area contributed by atoms with Crippen LogP contribution in [0, 0.1) is 0 Å². The lowest BCUT2D eigenvalue weighted by Crippen LogP contribution is -2.48. The molecule has 0 aliphatic carbocycles. The Morgan fingerprint density at radius 2 is 1.85 bits per heavy atom. The number of carbonyl (C=O) groups excluding carboxylic acids is 1. The summed E-state index contributed by atoms with van der Waals surface area (Å²) in [4.78, 5) is 20.9. The summed E-state index contributed by atoms with van der Waals surface area (Å²) in [7, 11) is 0. The maximum atomic E-state index is 12.7. The highest BCUT2D eigenvalue weighted by Crippen LogP contribution is 2.20. The Bertz CT molecular complexity index is 856. The first kappa shape index (κ1) is 16.5. The minimum absolute atomic E-state index is 0.0803. The van der Waals surface area contributed by atoms with Crippen LogP contribution in [-0.4, -0.2) is 52.0 Å². The molecule has 1 aromatic carbocycles. The summed E-state index contributed by atoms with van der Waals surface area (Å²) in [6.07, 6.45) is 3.39. The summed E-state index contributed by atoms with van der Waals surface area (Å²) in [5.74, 6) is 0.479. The molecule has 132 valence electrons. The predicted molar refractivity (Wildman–Crippen MR) is 97.4 cm³/mol. The van der Waals surface area contributed by atoms with Gasteiger partial charge in [0.2, 0.25) is 0 Å². The van der Waals surface area contributed by atoms with Crippen LogP contribution in [0.5, 0.6) is 0 Å². The van der Waals surface area contributed by atoms with Gasteiger partial charge in [-0.3, -0.25) is 14.7 Å². The fourth-order valence-electron chi connectivity index (χ4n) is 3.13. The molecule has 3 aromatic rings. The fraction of sp³-hybridized carbons (Fsp3) is 0.250. The molecule has 0 unspecified atom stereocenters. The Morgan fingerprint density at radius 1 is 1.04 bits per heavy atom. The van der Waals surface area contributed by atoms with Crippen LogP contribution in [0.25, 0.3) is 11.3 Å². The van der Waals surface area contributed by atoms with E-state index in [1.54, 1.807) is 18.5 Å². The first-order valence-corrected chi connectivity index (χ1v) is 8.72. The molecular weight excluding hydrogens is 328 g/mol. The lowest BCUT2D eigenvalue weighted by atomic mass is 10.2. The van der Waals surface area contributed by atoms with Crippen molar-refractivity contribution < 1.29 is 9.32 Å². The first-order chi connectivity index (χ1) is 12.8. The zero-order valence-corrected chi connectivity index (χ0v) is 14.4. The van der Waals surface area contributed by atoms with E-state index in [4.69, 9.17) is 4.52 Å². The van der Waals surface area contributed by atoms with Gasteiger partial charge in [0.05, 0.1) is 0 Å². The Balaban J connectivity index is 1.36. The molecule has 1 saturated heterocycles. The van der Waals surface area contributed by atoms with Gasteiger partial charge in [-0.1, -0.05) is 35.5 Å². The molecule has 0 spiro atoms. The highest BCUT2D eigenvalue weighted by atomic mass is 16.5. The molecule has 0 bridgehead atoms. The smallest absolute Gasteiger partial charge is 0.276 e. The summed E-state index contributed by atoms with van der Waals surface area (Å²) in [6.45, 7) is 4.02. The van der Waals surface area contributed by atoms with E-state index < -0.39 is 0 Å². The van der Waals surface area contributed by atoms with Crippen LogP contribution in [0.3, 0.4) is 0 Å². The van der Waals surface area contributed by atoms with E-state index in [9.17, 15) is 4.79 Å². The first-order valence-electron chi connectivity index (χ1n) is 8.72. The van der Waals surface area contributed by atoms with Crippen LogP contribution in [0.1, 0.15) is 16.1 Å². The SMILES string of the molecule is O=C(c1cc(-c2cccnc2)on1)N1CCN(Cc2ccccc2)CC1. The van der Waals surface area contributed by atoms with Gasteiger partial charge in [-0.05, 0) is 17.7 Å². The lowest BCUT2D eigenvalue weighted by Gasteiger charge is -2.34. The quantitative estimate of drug-likeness (QED) is 0.725. The fourth-order valence-corrected chi connectivity index (χ4v) is 3.13. The second kappa shape index (κ2) is 7.49. The number of rotatable bonds is 4. The molecule has 0 radical (unpaired) electrons. The summed E-state index contributed by atoms with van der Waals surface area (Å²) < 4.78 is 5.31. The number of hydrogen-bond donors (Lipinski definition) is 0. The maximum Gasteiger partial charge on any atom is 0.276 e. The van der Waals surface area contributed by atoms with E-state index in [2.05, 4.69) is 39.3 Å². The van der Waals surface area contributed by atoms with Crippen LogP contribution in [0.15, 0.2) is 65.4 Å². The standard InChI is InChI=1S/C20H20N4O2/c25-20(18-13-19(26-22-18)17-7-4-8-21-14-17)24-11-9-23(10-12-24)15-16-5-2-1-3-6-16/h1-8,13-14H,9-12,15H2. The zero-order valence-electron chi connectivity index (χ0n) is 14.4. The summed E-state index contributed by atoms with van der Waals surface area (Å²) in [5, 5.41) is 3.95. The van der Waals surface area contributed by atoms with Gasteiger partial charge in [-0.2, -0.15) is 0 Å². The number of amides is 1. The molecule has 2 aromatic heterocycles. The van der Waals surface area contributed by atoms with Crippen molar-refractivity contribution in [1.82, 2.24) is 19.9 Å². The van der Waals surface area contributed by atoms with E-state index in [1.807, 2.05) is 23.1 Å². The molecule has 0 saturated carbocycles. The van der Waals surface area contributed by atoms with Crippen LogP contribution in [0.4, 0.5) is 0 Å². The predicted octanol–water partition coefficient (Wildman–Crippen LogP) is 2.69. The summed E-state index contributed by atoms with van der Waals surface area (Å²) in [5.41, 5.74) is 2.46. The third kappa shape index (κ3) is 3.65. The van der Waals surface area contributed by atoms with Gasteiger partial charge in [0.25, 0.3) is 5.91 Å². The average Bonchev–Trinajstić information content (AvgIpc) is 3.20. The topological polar surface area (TPSA) is 62.5 Å². The molecule has 3 heterocycles. The lowest BCUT2D eigenvalue weighted by molar-refractivity contribution is 0.0618. The molecule has 1 amide bonds. The number of aromatic nitrogens is 2. The third-order valence-corrected chi connectivity index (χ3v) is 4.58. The number of pyridine rings is 1. The maximum absolute atomic E-state index is 12.7. The molecule has 4 rings (SSSR count). The molecule has 1 aliphatic heterocycles. The van der Waals surface area contributed by atoms with E-state index in [1.165, 1.54) is 5.56 Å². The van der Waals surface area contributed by atoms with Gasteiger partial charge in [0, 0.05) is 56.7 Å². The molecule has 26 heavy (non-hydrogen) atoms. The number of carbonyl (C=O) groups is 1. The van der Waals surface area contributed by atoms with Crippen molar-refractivity contribution in [3.05, 3.63) is 72.2 Å². The van der Waals surface area contributed by atoms with Gasteiger partial charge >= 0.3 is 0 Å². The van der Waals surface area contributed by atoms with Crippen LogP contribution >= 0.6 is 0 Å². The van der Waals surface area contributed by atoms with Crippen molar-refractivity contribution >= 4 is 5.91 Å². The number of hydrogen-bond acceptors (Lipinski definition) is 5. The average molecular weight is 348 g/mol. The highest BCUT2D eigenvalue weighted by molar-refractivity contribution is 5.93. The van der Waals surface area contributed by atoms with Crippen molar-refractivity contribution in [3.8, 4) is 11.3 Å². The van der Waals surface area contributed by atoms with Gasteiger partial charge in [-0.15, -0.1) is 0 Å². The molecule has 0 atom stereocenters. The van der Waals surface area contributed by atoms with Crippen molar-refractivity contribution in [2.75, 3.05) is 26.2 Å². The Kier molecular flexibility index (Phi) is 4.75. The molecule has 0 N–H and O–H groups in total.